The van der Waals surface area contributed by atoms with Crippen molar-refractivity contribution < 1.29 is 21.6 Å². The van der Waals surface area contributed by atoms with Crippen LogP contribution in [0.25, 0.3) is 0 Å². The second kappa shape index (κ2) is 12.0. The SMILES string of the molecule is CCNC(=NCC1CCN(S(=O)(=O)C(F)(F)F)CC1)NCCc1ccncc1C.I. The maximum absolute atomic E-state index is 12.6. The molecule has 2 N–H and O–H groups in total. The number of nitrogens with zero attached hydrogens (tertiary/aromatic N) is 3. The Balaban J connectivity index is 0.00000450. The highest BCUT2D eigenvalue weighted by Gasteiger charge is 2.50. The summed E-state index contributed by atoms with van der Waals surface area (Å²) in [7, 11) is -5.24. The molecule has 2 heterocycles. The first-order chi connectivity index (χ1) is 13.6. The summed E-state index contributed by atoms with van der Waals surface area (Å²) in [6.45, 7) is 5.49. The summed E-state index contributed by atoms with van der Waals surface area (Å²) in [5, 5.41) is 6.40. The van der Waals surface area contributed by atoms with Crippen molar-refractivity contribution >= 4 is 40.0 Å². The quantitative estimate of drug-likeness (QED) is 0.303. The van der Waals surface area contributed by atoms with Crippen LogP contribution in [0.2, 0.25) is 0 Å². The van der Waals surface area contributed by atoms with Gasteiger partial charge in [0.25, 0.3) is 0 Å². The molecule has 0 amide bonds. The highest BCUT2D eigenvalue weighted by atomic mass is 127. The van der Waals surface area contributed by atoms with E-state index >= 15 is 0 Å². The van der Waals surface area contributed by atoms with E-state index in [2.05, 4.69) is 20.6 Å². The number of hydrogen-bond donors (Lipinski definition) is 2. The van der Waals surface area contributed by atoms with Gasteiger partial charge in [-0.25, -0.2) is 8.42 Å². The summed E-state index contributed by atoms with van der Waals surface area (Å²) in [4.78, 5) is 8.59. The molecule has 0 atom stereocenters. The van der Waals surface area contributed by atoms with Gasteiger partial charge < -0.3 is 10.6 Å². The van der Waals surface area contributed by atoms with Gasteiger partial charge in [-0.05, 0) is 56.2 Å². The Morgan fingerprint density at radius 1 is 1.30 bits per heavy atom. The molecule has 30 heavy (non-hydrogen) atoms. The number of aromatic nitrogens is 1. The average molecular weight is 563 g/mol. The number of halogens is 4. The number of piperidine rings is 1. The van der Waals surface area contributed by atoms with Gasteiger partial charge in [0.2, 0.25) is 0 Å². The molecular formula is C18H29F3IN5O2S. The van der Waals surface area contributed by atoms with E-state index in [0.717, 1.165) is 12.0 Å². The predicted octanol–water partition coefficient (Wildman–Crippen LogP) is 2.67. The van der Waals surface area contributed by atoms with Crippen LogP contribution < -0.4 is 10.6 Å². The fourth-order valence-corrected chi connectivity index (χ4v) is 4.12. The van der Waals surface area contributed by atoms with Crippen molar-refractivity contribution in [2.45, 2.75) is 38.6 Å². The Labute approximate surface area is 193 Å². The molecule has 1 aromatic heterocycles. The fourth-order valence-electron chi connectivity index (χ4n) is 3.14. The summed E-state index contributed by atoms with van der Waals surface area (Å²) in [6.07, 6.45) is 5.10. The Bertz CT molecular complexity index is 797. The van der Waals surface area contributed by atoms with Crippen molar-refractivity contribution in [2.75, 3.05) is 32.7 Å². The normalized spacial score (nSPS) is 16.8. The minimum atomic E-state index is -5.24. The molecule has 1 fully saturated rings. The third kappa shape index (κ3) is 7.52. The third-order valence-corrected chi connectivity index (χ3v) is 6.51. The topological polar surface area (TPSA) is 86.7 Å². The lowest BCUT2D eigenvalue weighted by Gasteiger charge is -2.30. The molecule has 1 saturated heterocycles. The van der Waals surface area contributed by atoms with Gasteiger partial charge in [0.15, 0.2) is 5.96 Å². The van der Waals surface area contributed by atoms with Crippen molar-refractivity contribution in [3.8, 4) is 0 Å². The second-order valence-corrected chi connectivity index (χ2v) is 8.92. The molecule has 0 aromatic carbocycles. The van der Waals surface area contributed by atoms with Crippen LogP contribution in [0.3, 0.4) is 0 Å². The standard InChI is InChI=1S/C18H28F3N5O2S.HI/c1-3-23-17(24-9-5-16-4-8-22-12-14(16)2)25-13-15-6-10-26(11-7-15)29(27,28)18(19,20)21;/h4,8,12,15H,3,5-7,9-11,13H2,1-2H3,(H2,23,24,25);1H. The number of nitrogens with one attached hydrogen (secondary N) is 2. The number of aryl methyl sites for hydroxylation is 1. The largest absolute Gasteiger partial charge is 0.511 e. The molecule has 0 radical (unpaired) electrons. The minimum Gasteiger partial charge on any atom is -0.357 e. The number of guanidine groups is 1. The number of aliphatic imine (C=N–C) groups is 1. The molecule has 12 heteroatoms. The first-order valence-electron chi connectivity index (χ1n) is 9.63. The number of hydrogen-bond acceptors (Lipinski definition) is 4. The van der Waals surface area contributed by atoms with E-state index in [1.165, 1.54) is 5.56 Å². The maximum atomic E-state index is 12.6. The lowest BCUT2D eigenvalue weighted by Crippen LogP contribution is -2.45. The van der Waals surface area contributed by atoms with E-state index in [4.69, 9.17) is 0 Å². The molecule has 0 unspecified atom stereocenters. The van der Waals surface area contributed by atoms with E-state index in [1.807, 2.05) is 26.1 Å². The molecule has 1 aliphatic rings. The second-order valence-electron chi connectivity index (χ2n) is 6.99. The Hall–Kier alpha value is -1.15. The number of rotatable bonds is 7. The third-order valence-electron chi connectivity index (χ3n) is 4.88. The molecule has 172 valence electrons. The monoisotopic (exact) mass is 563 g/mol. The lowest BCUT2D eigenvalue weighted by molar-refractivity contribution is -0.0496. The first-order valence-corrected chi connectivity index (χ1v) is 11.1. The zero-order valence-corrected chi connectivity index (χ0v) is 20.2. The van der Waals surface area contributed by atoms with E-state index < -0.39 is 15.5 Å². The van der Waals surface area contributed by atoms with Gasteiger partial charge in [-0.15, -0.1) is 24.0 Å². The molecule has 2 rings (SSSR count). The van der Waals surface area contributed by atoms with Crippen molar-refractivity contribution in [1.82, 2.24) is 19.9 Å². The van der Waals surface area contributed by atoms with Crippen LogP contribution in [-0.4, -0.2) is 61.9 Å². The Kier molecular flexibility index (Phi) is 10.8. The predicted molar refractivity (Wildman–Crippen MR) is 121 cm³/mol. The Morgan fingerprint density at radius 2 is 1.97 bits per heavy atom. The van der Waals surface area contributed by atoms with Crippen molar-refractivity contribution in [3.63, 3.8) is 0 Å². The average Bonchev–Trinajstić information content (AvgIpc) is 2.67. The van der Waals surface area contributed by atoms with Gasteiger partial charge in [-0.1, -0.05) is 0 Å². The number of sulfonamides is 1. The molecule has 0 saturated carbocycles. The summed E-state index contributed by atoms with van der Waals surface area (Å²) in [5.74, 6) is 0.692. The fraction of sp³-hybridized carbons (Fsp3) is 0.667. The van der Waals surface area contributed by atoms with Crippen molar-refractivity contribution in [2.24, 2.45) is 10.9 Å². The Morgan fingerprint density at radius 3 is 2.53 bits per heavy atom. The zero-order chi connectivity index (χ0) is 21.5. The van der Waals surface area contributed by atoms with Gasteiger partial charge in [0.05, 0.1) is 0 Å². The van der Waals surface area contributed by atoms with Crippen molar-refractivity contribution in [3.05, 3.63) is 29.6 Å². The molecule has 1 aliphatic heterocycles. The molecule has 0 spiro atoms. The smallest absolute Gasteiger partial charge is 0.357 e. The van der Waals surface area contributed by atoms with E-state index in [9.17, 15) is 21.6 Å². The summed E-state index contributed by atoms with van der Waals surface area (Å²) in [5.41, 5.74) is -2.92. The van der Waals surface area contributed by atoms with Crippen LogP contribution in [0.4, 0.5) is 13.2 Å². The van der Waals surface area contributed by atoms with Crippen LogP contribution in [-0.2, 0) is 16.4 Å². The number of pyridine rings is 1. The van der Waals surface area contributed by atoms with Gasteiger partial charge in [-0.2, -0.15) is 17.5 Å². The van der Waals surface area contributed by atoms with E-state index in [-0.39, 0.29) is 43.0 Å². The molecule has 7 nitrogen and oxygen atoms in total. The van der Waals surface area contributed by atoms with Gasteiger partial charge in [0.1, 0.15) is 0 Å². The molecule has 0 bridgehead atoms. The molecular weight excluding hydrogens is 534 g/mol. The lowest BCUT2D eigenvalue weighted by atomic mass is 9.98. The summed E-state index contributed by atoms with van der Waals surface area (Å²) in [6, 6.07) is 1.98. The highest BCUT2D eigenvalue weighted by molar-refractivity contribution is 14.0. The summed E-state index contributed by atoms with van der Waals surface area (Å²) >= 11 is 0. The highest BCUT2D eigenvalue weighted by Crippen LogP contribution is 2.30. The van der Waals surface area contributed by atoms with Gasteiger partial charge in [-0.3, -0.25) is 9.98 Å². The summed E-state index contributed by atoms with van der Waals surface area (Å²) < 4.78 is 61.4. The number of alkyl halides is 3. The van der Waals surface area contributed by atoms with Crippen LogP contribution in [0.1, 0.15) is 30.9 Å². The van der Waals surface area contributed by atoms with Crippen molar-refractivity contribution in [1.29, 1.82) is 0 Å². The minimum absolute atomic E-state index is 0. The van der Waals surface area contributed by atoms with Crippen LogP contribution in [0.15, 0.2) is 23.5 Å². The zero-order valence-electron chi connectivity index (χ0n) is 17.1. The van der Waals surface area contributed by atoms with Gasteiger partial charge in [0, 0.05) is 45.1 Å². The molecule has 0 aliphatic carbocycles. The first kappa shape index (κ1) is 26.9. The van der Waals surface area contributed by atoms with Crippen LogP contribution >= 0.6 is 24.0 Å². The van der Waals surface area contributed by atoms with Gasteiger partial charge >= 0.3 is 15.5 Å². The van der Waals surface area contributed by atoms with Crippen LogP contribution in [0.5, 0.6) is 0 Å². The maximum Gasteiger partial charge on any atom is 0.511 e. The molecule has 1 aromatic rings. The van der Waals surface area contributed by atoms with E-state index in [0.29, 0.717) is 42.7 Å². The van der Waals surface area contributed by atoms with Crippen LogP contribution in [0, 0.1) is 12.8 Å². The van der Waals surface area contributed by atoms with E-state index in [1.54, 1.807) is 6.20 Å².